The molecular weight excluding hydrogens is 380 g/mol. The molecule has 0 amide bonds. The van der Waals surface area contributed by atoms with Gasteiger partial charge in [0.05, 0.1) is 5.52 Å². The molecule has 4 aromatic rings. The third-order valence-electron chi connectivity index (χ3n) is 4.06. The van der Waals surface area contributed by atoms with Gasteiger partial charge in [0, 0.05) is 26.9 Å². The van der Waals surface area contributed by atoms with Crippen LogP contribution < -0.4 is 15.8 Å². The van der Waals surface area contributed by atoms with Gasteiger partial charge in [-0.1, -0.05) is 36.4 Å². The SMILES string of the molecule is C=c1/c(=C\SC)c(Nc2cccc(Cl)c2)nc2cc(-c3nn[nH]n3)ccc12. The normalized spacial score (nSPS) is 11.9. The van der Waals surface area contributed by atoms with E-state index in [0.717, 1.165) is 38.4 Å². The van der Waals surface area contributed by atoms with Gasteiger partial charge in [0.15, 0.2) is 0 Å². The second kappa shape index (κ2) is 7.38. The van der Waals surface area contributed by atoms with Crippen molar-refractivity contribution in [3.63, 3.8) is 0 Å². The number of pyridine rings is 1. The Bertz CT molecular complexity index is 1220. The van der Waals surface area contributed by atoms with Crippen molar-refractivity contribution in [1.29, 1.82) is 0 Å². The molecule has 2 aromatic heterocycles. The highest BCUT2D eigenvalue weighted by molar-refractivity contribution is 8.05. The summed E-state index contributed by atoms with van der Waals surface area (Å²) in [6.45, 7) is 4.28. The fourth-order valence-corrected chi connectivity index (χ4v) is 3.49. The maximum absolute atomic E-state index is 6.11. The van der Waals surface area contributed by atoms with Crippen LogP contribution in [0.25, 0.3) is 34.3 Å². The summed E-state index contributed by atoms with van der Waals surface area (Å²) in [7, 11) is 0. The Balaban J connectivity index is 1.91. The molecule has 0 bridgehead atoms. The van der Waals surface area contributed by atoms with E-state index in [-0.39, 0.29) is 0 Å². The lowest BCUT2D eigenvalue weighted by Gasteiger charge is -2.10. The van der Waals surface area contributed by atoms with Gasteiger partial charge in [-0.25, -0.2) is 4.98 Å². The lowest BCUT2D eigenvalue weighted by Crippen LogP contribution is -2.28. The highest BCUT2D eigenvalue weighted by atomic mass is 35.5. The number of aromatic amines is 1. The fraction of sp³-hybridized carbons (Fsp3) is 0.0526. The summed E-state index contributed by atoms with van der Waals surface area (Å²) in [6.07, 6.45) is 2.01. The predicted octanol–water partition coefficient (Wildman–Crippen LogP) is 3.32. The molecule has 0 saturated carbocycles. The van der Waals surface area contributed by atoms with Gasteiger partial charge < -0.3 is 5.32 Å². The van der Waals surface area contributed by atoms with Crippen LogP contribution in [0.5, 0.6) is 0 Å². The molecule has 0 spiro atoms. The van der Waals surface area contributed by atoms with E-state index in [4.69, 9.17) is 16.6 Å². The van der Waals surface area contributed by atoms with E-state index in [1.54, 1.807) is 11.8 Å². The minimum absolute atomic E-state index is 0.522. The van der Waals surface area contributed by atoms with Crippen LogP contribution in [0.3, 0.4) is 0 Å². The first-order chi connectivity index (χ1) is 13.2. The quantitative estimate of drug-likeness (QED) is 0.552. The number of halogens is 1. The zero-order valence-electron chi connectivity index (χ0n) is 14.4. The summed E-state index contributed by atoms with van der Waals surface area (Å²) in [4.78, 5) is 4.83. The van der Waals surface area contributed by atoms with Crippen LogP contribution in [0.1, 0.15) is 0 Å². The minimum Gasteiger partial charge on any atom is -0.340 e. The molecule has 0 saturated heterocycles. The number of H-pyrrole nitrogens is 1. The number of hydrogen-bond donors (Lipinski definition) is 2. The second-order valence-corrected chi connectivity index (χ2v) is 6.95. The van der Waals surface area contributed by atoms with Crippen molar-refractivity contribution >= 4 is 57.8 Å². The minimum atomic E-state index is 0.522. The van der Waals surface area contributed by atoms with Crippen molar-refractivity contribution in [1.82, 2.24) is 25.6 Å². The molecular formula is C19H15ClN6S. The van der Waals surface area contributed by atoms with Crippen LogP contribution in [0.4, 0.5) is 11.5 Å². The third-order valence-corrected chi connectivity index (χ3v) is 4.77. The first-order valence-electron chi connectivity index (χ1n) is 8.08. The molecule has 0 fully saturated rings. The molecule has 0 unspecified atom stereocenters. The fourth-order valence-electron chi connectivity index (χ4n) is 2.81. The van der Waals surface area contributed by atoms with Crippen LogP contribution in [0.2, 0.25) is 5.02 Å². The zero-order valence-corrected chi connectivity index (χ0v) is 16.0. The van der Waals surface area contributed by atoms with Crippen molar-refractivity contribution in [2.75, 3.05) is 11.6 Å². The Morgan fingerprint density at radius 3 is 2.85 bits per heavy atom. The Morgan fingerprint density at radius 1 is 1.22 bits per heavy atom. The molecule has 134 valence electrons. The lowest BCUT2D eigenvalue weighted by atomic mass is 10.1. The van der Waals surface area contributed by atoms with Crippen LogP contribution >= 0.6 is 23.4 Å². The highest BCUT2D eigenvalue weighted by Crippen LogP contribution is 2.21. The van der Waals surface area contributed by atoms with Crippen molar-refractivity contribution in [3.05, 3.63) is 57.9 Å². The van der Waals surface area contributed by atoms with Crippen molar-refractivity contribution < 1.29 is 0 Å². The standard InChI is InChI=1S/C19H15ClN6S/c1-11-15-7-6-12(18-23-25-26-24-18)8-17(15)22-19(16(11)10-27-2)21-14-5-3-4-13(20)9-14/h3-10H,1H2,2H3,(H,21,22)(H,23,24,25,26)/b16-10+. The van der Waals surface area contributed by atoms with Gasteiger partial charge in [0.2, 0.25) is 5.82 Å². The number of tetrazole rings is 1. The highest BCUT2D eigenvalue weighted by Gasteiger charge is 2.09. The second-order valence-electron chi connectivity index (χ2n) is 5.81. The summed E-state index contributed by atoms with van der Waals surface area (Å²) in [5.41, 5.74) is 2.49. The first-order valence-corrected chi connectivity index (χ1v) is 9.74. The van der Waals surface area contributed by atoms with Gasteiger partial charge in [-0.05, 0) is 46.4 Å². The summed E-state index contributed by atoms with van der Waals surface area (Å²) < 4.78 is 0. The van der Waals surface area contributed by atoms with Crippen LogP contribution in [0.15, 0.2) is 42.5 Å². The van der Waals surface area contributed by atoms with E-state index < -0.39 is 0 Å². The van der Waals surface area contributed by atoms with Crippen molar-refractivity contribution in [2.24, 2.45) is 0 Å². The molecule has 0 aliphatic rings. The van der Waals surface area contributed by atoms with E-state index in [2.05, 4.69) is 32.5 Å². The van der Waals surface area contributed by atoms with E-state index in [1.807, 2.05) is 54.1 Å². The number of hydrogen-bond acceptors (Lipinski definition) is 6. The Labute approximate surface area is 164 Å². The summed E-state index contributed by atoms with van der Waals surface area (Å²) >= 11 is 7.71. The van der Waals surface area contributed by atoms with Crippen LogP contribution in [-0.2, 0) is 0 Å². The average Bonchev–Trinajstić information content (AvgIpc) is 3.19. The Kier molecular flexibility index (Phi) is 4.79. The summed E-state index contributed by atoms with van der Waals surface area (Å²) in [6, 6.07) is 13.4. The maximum atomic E-state index is 6.11. The van der Waals surface area contributed by atoms with Crippen molar-refractivity contribution in [2.45, 2.75) is 0 Å². The van der Waals surface area contributed by atoms with Crippen molar-refractivity contribution in [3.8, 4) is 11.4 Å². The maximum Gasteiger partial charge on any atom is 0.204 e. The van der Waals surface area contributed by atoms with Gasteiger partial charge in [-0.15, -0.1) is 22.0 Å². The number of nitrogens with zero attached hydrogens (tertiary/aromatic N) is 4. The van der Waals surface area contributed by atoms with E-state index >= 15 is 0 Å². The predicted molar refractivity (Wildman–Crippen MR) is 112 cm³/mol. The lowest BCUT2D eigenvalue weighted by molar-refractivity contribution is 0.881. The van der Waals surface area contributed by atoms with Crippen LogP contribution in [-0.4, -0.2) is 31.9 Å². The number of fused-ring (bicyclic) bond motifs is 1. The first kappa shape index (κ1) is 17.5. The average molecular weight is 395 g/mol. The molecule has 6 nitrogen and oxygen atoms in total. The zero-order chi connectivity index (χ0) is 18.8. The van der Waals surface area contributed by atoms with E-state index in [9.17, 15) is 0 Å². The van der Waals surface area contributed by atoms with Gasteiger partial charge in [0.1, 0.15) is 5.82 Å². The Hall–Kier alpha value is -2.90. The van der Waals surface area contributed by atoms with E-state index in [0.29, 0.717) is 10.8 Å². The van der Waals surface area contributed by atoms with Gasteiger partial charge >= 0.3 is 0 Å². The molecule has 8 heteroatoms. The molecule has 27 heavy (non-hydrogen) atoms. The molecule has 4 rings (SSSR count). The summed E-state index contributed by atoms with van der Waals surface area (Å²) in [5, 5.41) is 23.0. The third kappa shape index (κ3) is 3.51. The molecule has 0 aliphatic heterocycles. The molecule has 2 heterocycles. The number of rotatable bonds is 4. The summed E-state index contributed by atoms with van der Waals surface area (Å²) in [5.74, 6) is 1.24. The number of benzene rings is 2. The van der Waals surface area contributed by atoms with Gasteiger partial charge in [0.25, 0.3) is 0 Å². The number of thioether (sulfide) groups is 1. The van der Waals surface area contributed by atoms with Gasteiger partial charge in [-0.2, -0.15) is 5.21 Å². The smallest absolute Gasteiger partial charge is 0.204 e. The van der Waals surface area contributed by atoms with E-state index in [1.165, 1.54) is 0 Å². The molecule has 0 radical (unpaired) electrons. The number of anilines is 2. The number of aromatic nitrogens is 5. The molecule has 2 aromatic carbocycles. The van der Waals surface area contributed by atoms with Crippen LogP contribution in [0, 0.1) is 0 Å². The molecule has 0 aliphatic carbocycles. The number of nitrogens with one attached hydrogen (secondary N) is 2. The molecule has 0 atom stereocenters. The van der Waals surface area contributed by atoms with Gasteiger partial charge in [-0.3, -0.25) is 0 Å². The molecule has 2 N–H and O–H groups in total. The monoisotopic (exact) mass is 394 g/mol. The topological polar surface area (TPSA) is 79.4 Å². The largest absolute Gasteiger partial charge is 0.340 e. The Morgan fingerprint density at radius 2 is 2.11 bits per heavy atom.